The molecular formula is C15H13N3O3. The summed E-state index contributed by atoms with van der Waals surface area (Å²) in [6.07, 6.45) is 2.26. The minimum Gasteiger partial charge on any atom is -0.422 e. The lowest BCUT2D eigenvalue weighted by molar-refractivity contribution is 0.0950. The van der Waals surface area contributed by atoms with Crippen LogP contribution in [-0.4, -0.2) is 22.6 Å². The summed E-state index contributed by atoms with van der Waals surface area (Å²) in [6.45, 7) is 0.410. The highest BCUT2D eigenvalue weighted by Crippen LogP contribution is 2.12. The van der Waals surface area contributed by atoms with Gasteiger partial charge in [0, 0.05) is 30.2 Å². The molecule has 21 heavy (non-hydrogen) atoms. The van der Waals surface area contributed by atoms with Crippen LogP contribution in [0.15, 0.2) is 51.8 Å². The summed E-state index contributed by atoms with van der Waals surface area (Å²) >= 11 is 0. The number of aromatic amines is 1. The van der Waals surface area contributed by atoms with Gasteiger partial charge in [-0.3, -0.25) is 9.89 Å². The molecule has 0 saturated carbocycles. The molecule has 0 aliphatic rings. The third-order valence-electron chi connectivity index (χ3n) is 3.12. The number of carbonyl (C=O) groups is 1. The minimum absolute atomic E-state index is 0.0123. The highest BCUT2D eigenvalue weighted by Gasteiger charge is 2.13. The first-order valence-corrected chi connectivity index (χ1v) is 6.53. The zero-order valence-electron chi connectivity index (χ0n) is 11.1. The molecule has 0 radical (unpaired) electrons. The van der Waals surface area contributed by atoms with Crippen molar-refractivity contribution in [2.75, 3.05) is 6.54 Å². The maximum Gasteiger partial charge on any atom is 0.349 e. The molecular weight excluding hydrogens is 270 g/mol. The van der Waals surface area contributed by atoms with Crippen molar-refractivity contribution in [2.24, 2.45) is 0 Å². The van der Waals surface area contributed by atoms with Crippen LogP contribution >= 0.6 is 0 Å². The Hall–Kier alpha value is -2.89. The van der Waals surface area contributed by atoms with E-state index in [0.717, 1.165) is 11.1 Å². The van der Waals surface area contributed by atoms with Crippen LogP contribution in [0.4, 0.5) is 0 Å². The van der Waals surface area contributed by atoms with Crippen molar-refractivity contribution >= 4 is 16.9 Å². The van der Waals surface area contributed by atoms with E-state index < -0.39 is 11.5 Å². The summed E-state index contributed by atoms with van der Waals surface area (Å²) in [6, 6.07) is 10.5. The van der Waals surface area contributed by atoms with Crippen molar-refractivity contribution in [3.63, 3.8) is 0 Å². The Morgan fingerprint density at radius 3 is 2.95 bits per heavy atom. The van der Waals surface area contributed by atoms with Crippen molar-refractivity contribution < 1.29 is 9.21 Å². The molecule has 2 N–H and O–H groups in total. The van der Waals surface area contributed by atoms with Crippen LogP contribution in [-0.2, 0) is 6.42 Å². The number of amides is 1. The van der Waals surface area contributed by atoms with Gasteiger partial charge in [0.15, 0.2) is 0 Å². The second-order valence-corrected chi connectivity index (χ2v) is 4.57. The molecule has 106 valence electrons. The van der Waals surface area contributed by atoms with Crippen molar-refractivity contribution in [2.45, 2.75) is 6.42 Å². The molecule has 1 aromatic carbocycles. The van der Waals surface area contributed by atoms with E-state index in [4.69, 9.17) is 4.42 Å². The molecule has 1 amide bonds. The zero-order chi connectivity index (χ0) is 14.7. The van der Waals surface area contributed by atoms with E-state index >= 15 is 0 Å². The molecule has 0 spiro atoms. The van der Waals surface area contributed by atoms with Crippen molar-refractivity contribution in [3.05, 3.63) is 64.3 Å². The van der Waals surface area contributed by atoms with Gasteiger partial charge in [-0.1, -0.05) is 18.2 Å². The molecule has 0 saturated heterocycles. The molecule has 3 aromatic rings. The average Bonchev–Trinajstić information content (AvgIpc) is 2.99. The average molecular weight is 283 g/mol. The largest absolute Gasteiger partial charge is 0.422 e. The Kier molecular flexibility index (Phi) is 3.51. The molecule has 2 heterocycles. The Bertz CT molecular complexity index is 822. The van der Waals surface area contributed by atoms with Gasteiger partial charge < -0.3 is 9.73 Å². The van der Waals surface area contributed by atoms with Gasteiger partial charge in [0.1, 0.15) is 11.1 Å². The predicted octanol–water partition coefficient (Wildman–Crippen LogP) is 1.49. The number of nitrogens with one attached hydrogen (secondary N) is 2. The third-order valence-corrected chi connectivity index (χ3v) is 3.12. The summed E-state index contributed by atoms with van der Waals surface area (Å²) in [5, 5.41) is 10.0. The van der Waals surface area contributed by atoms with Gasteiger partial charge in [0.2, 0.25) is 0 Å². The van der Waals surface area contributed by atoms with Gasteiger partial charge in [-0.05, 0) is 18.2 Å². The quantitative estimate of drug-likeness (QED) is 0.710. The maximum atomic E-state index is 12.0. The standard InChI is InChI=1S/C15H13N3O3/c19-14(16-7-5-11-6-8-17-18-11)12-9-10-3-1-2-4-13(10)21-15(12)20/h1-4,6,8-9H,5,7H2,(H,16,19)(H,17,18). The highest BCUT2D eigenvalue weighted by molar-refractivity contribution is 5.96. The van der Waals surface area contributed by atoms with Crippen LogP contribution in [0.5, 0.6) is 0 Å². The number of para-hydroxylation sites is 1. The number of nitrogens with zero attached hydrogens (tertiary/aromatic N) is 1. The Balaban J connectivity index is 1.75. The van der Waals surface area contributed by atoms with E-state index in [2.05, 4.69) is 15.5 Å². The molecule has 0 atom stereocenters. The summed E-state index contributed by atoms with van der Waals surface area (Å²) in [4.78, 5) is 23.9. The Morgan fingerprint density at radius 2 is 2.14 bits per heavy atom. The number of benzene rings is 1. The lowest BCUT2D eigenvalue weighted by Gasteiger charge is -2.04. The lowest BCUT2D eigenvalue weighted by Crippen LogP contribution is -2.29. The van der Waals surface area contributed by atoms with Crippen molar-refractivity contribution in [1.29, 1.82) is 0 Å². The smallest absolute Gasteiger partial charge is 0.349 e. The first kappa shape index (κ1) is 13.1. The van der Waals surface area contributed by atoms with Gasteiger partial charge >= 0.3 is 5.63 Å². The van der Waals surface area contributed by atoms with Crippen molar-refractivity contribution in [1.82, 2.24) is 15.5 Å². The molecule has 0 aliphatic carbocycles. The first-order valence-electron chi connectivity index (χ1n) is 6.53. The number of hydrogen-bond donors (Lipinski definition) is 2. The maximum absolute atomic E-state index is 12.0. The molecule has 2 aromatic heterocycles. The van der Waals surface area contributed by atoms with E-state index in [1.54, 1.807) is 30.5 Å². The second kappa shape index (κ2) is 5.62. The SMILES string of the molecule is O=C(NCCc1ccn[nH]1)c1cc2ccccc2oc1=O. The normalized spacial score (nSPS) is 10.7. The number of aromatic nitrogens is 2. The lowest BCUT2D eigenvalue weighted by atomic mass is 10.2. The summed E-state index contributed by atoms with van der Waals surface area (Å²) in [5.74, 6) is -0.436. The Labute approximate surface area is 119 Å². The zero-order valence-corrected chi connectivity index (χ0v) is 11.1. The van der Waals surface area contributed by atoms with Gasteiger partial charge in [0.05, 0.1) is 0 Å². The van der Waals surface area contributed by atoms with Crippen LogP contribution < -0.4 is 10.9 Å². The highest BCUT2D eigenvalue weighted by atomic mass is 16.4. The summed E-state index contributed by atoms with van der Waals surface area (Å²) in [5.41, 5.74) is 0.767. The van der Waals surface area contributed by atoms with Crippen LogP contribution in [0, 0.1) is 0 Å². The summed E-state index contributed by atoms with van der Waals surface area (Å²) < 4.78 is 5.13. The molecule has 3 rings (SSSR count). The molecule has 0 unspecified atom stereocenters. The third kappa shape index (κ3) is 2.84. The van der Waals surface area contributed by atoms with Crippen LogP contribution in [0.3, 0.4) is 0 Å². The number of H-pyrrole nitrogens is 1. The fourth-order valence-electron chi connectivity index (χ4n) is 2.05. The van der Waals surface area contributed by atoms with E-state index in [1.807, 2.05) is 12.1 Å². The molecule has 6 heteroatoms. The van der Waals surface area contributed by atoms with Crippen molar-refractivity contribution in [3.8, 4) is 0 Å². The topological polar surface area (TPSA) is 88.0 Å². The monoisotopic (exact) mass is 283 g/mol. The van der Waals surface area contributed by atoms with Gasteiger partial charge in [-0.25, -0.2) is 4.79 Å². The van der Waals surface area contributed by atoms with E-state index in [9.17, 15) is 9.59 Å². The minimum atomic E-state index is -0.632. The fourth-order valence-corrected chi connectivity index (χ4v) is 2.05. The molecule has 0 aliphatic heterocycles. The first-order chi connectivity index (χ1) is 10.2. The molecule has 0 fully saturated rings. The van der Waals surface area contributed by atoms with E-state index in [1.165, 1.54) is 0 Å². The number of rotatable bonds is 4. The summed E-state index contributed by atoms with van der Waals surface area (Å²) in [7, 11) is 0. The van der Waals surface area contributed by atoms with Crippen LogP contribution in [0.2, 0.25) is 0 Å². The molecule has 6 nitrogen and oxygen atoms in total. The number of fused-ring (bicyclic) bond motifs is 1. The van der Waals surface area contributed by atoms with Gasteiger partial charge in [-0.15, -0.1) is 0 Å². The number of hydrogen-bond acceptors (Lipinski definition) is 4. The van der Waals surface area contributed by atoms with E-state index in [0.29, 0.717) is 18.5 Å². The predicted molar refractivity (Wildman–Crippen MR) is 77.1 cm³/mol. The van der Waals surface area contributed by atoms with E-state index in [-0.39, 0.29) is 5.56 Å². The molecule has 0 bridgehead atoms. The van der Waals surface area contributed by atoms with Crippen LogP contribution in [0.25, 0.3) is 11.0 Å². The fraction of sp³-hybridized carbons (Fsp3) is 0.133. The van der Waals surface area contributed by atoms with Crippen LogP contribution in [0.1, 0.15) is 16.1 Å². The van der Waals surface area contributed by atoms with Gasteiger partial charge in [0.25, 0.3) is 5.91 Å². The number of carbonyl (C=O) groups excluding carboxylic acids is 1. The second-order valence-electron chi connectivity index (χ2n) is 4.57. The van der Waals surface area contributed by atoms with Gasteiger partial charge in [-0.2, -0.15) is 5.10 Å². The Morgan fingerprint density at radius 1 is 1.29 bits per heavy atom.